The van der Waals surface area contributed by atoms with Crippen molar-refractivity contribution in [1.82, 2.24) is 4.90 Å². The lowest BCUT2D eigenvalue weighted by atomic mass is 10.1. The summed E-state index contributed by atoms with van der Waals surface area (Å²) < 4.78 is 1.03. The first-order valence-corrected chi connectivity index (χ1v) is 9.60. The molecule has 0 bridgehead atoms. The van der Waals surface area contributed by atoms with E-state index in [9.17, 15) is 9.59 Å². The molecule has 1 heterocycles. The number of amides is 2. The maximum atomic E-state index is 12.9. The van der Waals surface area contributed by atoms with Crippen LogP contribution in [0, 0.1) is 0 Å². The number of carbonyl (C=O) groups is 2. The lowest BCUT2D eigenvalue weighted by molar-refractivity contribution is 0.0787. The topological polar surface area (TPSA) is 49.4 Å². The normalized spacial score (nSPS) is 10.4. The molecule has 0 aliphatic rings. The molecular formula is C20H17BrN2O2S. The van der Waals surface area contributed by atoms with Gasteiger partial charge in [0.25, 0.3) is 11.8 Å². The molecule has 0 spiro atoms. The summed E-state index contributed by atoms with van der Waals surface area (Å²) in [6, 6.07) is 19.9. The Balaban J connectivity index is 1.77. The van der Waals surface area contributed by atoms with E-state index in [0.29, 0.717) is 23.4 Å². The van der Waals surface area contributed by atoms with E-state index in [1.54, 1.807) is 71.8 Å². The third-order valence-corrected chi connectivity index (χ3v) is 5.42. The average Bonchev–Trinajstić information content (AvgIpc) is 3.07. The van der Waals surface area contributed by atoms with E-state index < -0.39 is 0 Å². The van der Waals surface area contributed by atoms with Gasteiger partial charge in [0.1, 0.15) is 0 Å². The van der Waals surface area contributed by atoms with Crippen molar-refractivity contribution in [2.24, 2.45) is 0 Å². The summed E-state index contributed by atoms with van der Waals surface area (Å²) in [4.78, 5) is 28.0. The highest BCUT2D eigenvalue weighted by molar-refractivity contribution is 9.11. The van der Waals surface area contributed by atoms with Crippen LogP contribution in [0.1, 0.15) is 25.6 Å². The summed E-state index contributed by atoms with van der Waals surface area (Å²) >= 11 is 5.03. The number of hydrogen-bond donors (Lipinski definition) is 1. The van der Waals surface area contributed by atoms with Gasteiger partial charge in [-0.3, -0.25) is 9.59 Å². The van der Waals surface area contributed by atoms with E-state index in [0.717, 1.165) is 8.66 Å². The van der Waals surface area contributed by atoms with Crippen molar-refractivity contribution >= 4 is 44.8 Å². The fourth-order valence-electron chi connectivity index (χ4n) is 2.51. The third kappa shape index (κ3) is 4.39. The highest BCUT2D eigenvalue weighted by Crippen LogP contribution is 2.24. The van der Waals surface area contributed by atoms with Crippen molar-refractivity contribution < 1.29 is 9.59 Å². The summed E-state index contributed by atoms with van der Waals surface area (Å²) in [5.41, 5.74) is 1.52. The highest BCUT2D eigenvalue weighted by Gasteiger charge is 2.18. The molecule has 4 nitrogen and oxygen atoms in total. The molecule has 1 aromatic heterocycles. The molecule has 2 aromatic carbocycles. The number of rotatable bonds is 5. The first-order valence-electron chi connectivity index (χ1n) is 7.99. The van der Waals surface area contributed by atoms with E-state index in [4.69, 9.17) is 0 Å². The minimum Gasteiger partial charge on any atom is -0.336 e. The van der Waals surface area contributed by atoms with E-state index in [-0.39, 0.29) is 11.8 Å². The van der Waals surface area contributed by atoms with Gasteiger partial charge in [-0.2, -0.15) is 0 Å². The molecule has 3 rings (SSSR count). The maximum Gasteiger partial charge on any atom is 0.256 e. The highest BCUT2D eigenvalue weighted by atomic mass is 79.9. The Bertz CT molecular complexity index is 924. The SMILES string of the molecule is CN(Cc1ccc(Br)s1)C(=O)c1ccccc1NC(=O)c1ccccc1. The van der Waals surface area contributed by atoms with Crippen LogP contribution < -0.4 is 5.32 Å². The molecule has 132 valence electrons. The molecule has 0 unspecified atom stereocenters. The molecule has 0 fully saturated rings. The molecular weight excluding hydrogens is 412 g/mol. The zero-order chi connectivity index (χ0) is 18.5. The molecule has 2 amide bonds. The fraction of sp³-hybridized carbons (Fsp3) is 0.100. The molecule has 0 atom stereocenters. The Morgan fingerprint density at radius 1 is 1.00 bits per heavy atom. The molecule has 6 heteroatoms. The zero-order valence-corrected chi connectivity index (χ0v) is 16.5. The van der Waals surface area contributed by atoms with Gasteiger partial charge in [-0.15, -0.1) is 11.3 Å². The van der Waals surface area contributed by atoms with Crippen molar-refractivity contribution in [2.75, 3.05) is 12.4 Å². The minimum atomic E-state index is -0.240. The lowest BCUT2D eigenvalue weighted by Crippen LogP contribution is -2.27. The first-order chi connectivity index (χ1) is 12.5. The van der Waals surface area contributed by atoms with Crippen LogP contribution >= 0.6 is 27.3 Å². The van der Waals surface area contributed by atoms with Gasteiger partial charge in [0.15, 0.2) is 0 Å². The first kappa shape index (κ1) is 18.4. The number of anilines is 1. The summed E-state index contributed by atoms with van der Waals surface area (Å²) in [5.74, 6) is -0.380. The Morgan fingerprint density at radius 2 is 1.69 bits per heavy atom. The van der Waals surface area contributed by atoms with Gasteiger partial charge in [0.05, 0.1) is 21.6 Å². The van der Waals surface area contributed by atoms with Crippen molar-refractivity contribution in [3.63, 3.8) is 0 Å². The van der Waals surface area contributed by atoms with Crippen molar-refractivity contribution in [1.29, 1.82) is 0 Å². The van der Waals surface area contributed by atoms with Gasteiger partial charge in [-0.25, -0.2) is 0 Å². The van der Waals surface area contributed by atoms with Gasteiger partial charge in [-0.1, -0.05) is 30.3 Å². The summed E-state index contributed by atoms with van der Waals surface area (Å²) in [6.07, 6.45) is 0. The van der Waals surface area contributed by atoms with Crippen molar-refractivity contribution in [3.05, 3.63) is 86.5 Å². The van der Waals surface area contributed by atoms with Crippen LogP contribution in [0.2, 0.25) is 0 Å². The summed E-state index contributed by atoms with van der Waals surface area (Å²) in [7, 11) is 1.76. The molecule has 0 aliphatic heterocycles. The standard InChI is InChI=1S/C20H17BrN2O2S/c1-23(13-15-11-12-18(21)26-15)20(25)16-9-5-6-10-17(16)22-19(24)14-7-3-2-4-8-14/h2-12H,13H2,1H3,(H,22,24). The molecule has 0 saturated carbocycles. The number of thiophene rings is 1. The third-order valence-electron chi connectivity index (χ3n) is 3.81. The fourth-order valence-corrected chi connectivity index (χ4v) is 4.05. The second kappa shape index (κ2) is 8.29. The van der Waals surface area contributed by atoms with Gasteiger partial charge in [0, 0.05) is 17.5 Å². The lowest BCUT2D eigenvalue weighted by Gasteiger charge is -2.18. The Hall–Kier alpha value is -2.44. The van der Waals surface area contributed by atoms with Gasteiger partial charge in [-0.05, 0) is 52.3 Å². The molecule has 3 aromatic rings. The number of benzene rings is 2. The number of nitrogens with zero attached hydrogens (tertiary/aromatic N) is 1. The van der Waals surface area contributed by atoms with Gasteiger partial charge < -0.3 is 10.2 Å². The molecule has 0 saturated heterocycles. The van der Waals surface area contributed by atoms with Gasteiger partial charge in [0.2, 0.25) is 0 Å². The van der Waals surface area contributed by atoms with Crippen LogP contribution in [0.4, 0.5) is 5.69 Å². The van der Waals surface area contributed by atoms with E-state index in [1.807, 2.05) is 18.2 Å². The molecule has 0 radical (unpaired) electrons. The van der Waals surface area contributed by atoms with E-state index >= 15 is 0 Å². The van der Waals surface area contributed by atoms with E-state index in [1.165, 1.54) is 0 Å². The van der Waals surface area contributed by atoms with Crippen LogP contribution in [0.5, 0.6) is 0 Å². The summed E-state index contributed by atoms with van der Waals surface area (Å²) in [5, 5.41) is 2.84. The van der Waals surface area contributed by atoms with Crippen LogP contribution in [0.3, 0.4) is 0 Å². The quantitative estimate of drug-likeness (QED) is 0.618. The van der Waals surface area contributed by atoms with Crippen LogP contribution in [-0.4, -0.2) is 23.8 Å². The van der Waals surface area contributed by atoms with Gasteiger partial charge >= 0.3 is 0 Å². The van der Waals surface area contributed by atoms with Crippen LogP contribution in [0.25, 0.3) is 0 Å². The molecule has 0 aliphatic carbocycles. The van der Waals surface area contributed by atoms with Crippen LogP contribution in [-0.2, 0) is 6.54 Å². The zero-order valence-electron chi connectivity index (χ0n) is 14.1. The van der Waals surface area contributed by atoms with Crippen molar-refractivity contribution in [2.45, 2.75) is 6.54 Å². The van der Waals surface area contributed by atoms with Crippen LogP contribution in [0.15, 0.2) is 70.5 Å². The number of halogens is 1. The number of carbonyl (C=O) groups excluding carboxylic acids is 2. The predicted molar refractivity (Wildman–Crippen MR) is 109 cm³/mol. The predicted octanol–water partition coefficient (Wildman–Crippen LogP) is 5.04. The molecule has 26 heavy (non-hydrogen) atoms. The van der Waals surface area contributed by atoms with Crippen molar-refractivity contribution in [3.8, 4) is 0 Å². The minimum absolute atomic E-state index is 0.140. The Morgan fingerprint density at radius 3 is 2.38 bits per heavy atom. The van der Waals surface area contributed by atoms with E-state index in [2.05, 4.69) is 21.2 Å². The number of para-hydroxylation sites is 1. The summed E-state index contributed by atoms with van der Waals surface area (Å²) in [6.45, 7) is 0.510. The largest absolute Gasteiger partial charge is 0.336 e. The number of nitrogens with one attached hydrogen (secondary N) is 1. The Labute approximate surface area is 164 Å². The number of hydrogen-bond acceptors (Lipinski definition) is 3. The second-order valence-corrected chi connectivity index (χ2v) is 8.28. The Kier molecular flexibility index (Phi) is 5.85. The average molecular weight is 429 g/mol. The monoisotopic (exact) mass is 428 g/mol. The second-order valence-electron chi connectivity index (χ2n) is 5.73. The molecule has 1 N–H and O–H groups in total. The smallest absolute Gasteiger partial charge is 0.256 e. The maximum absolute atomic E-state index is 12.9.